The highest BCUT2D eigenvalue weighted by molar-refractivity contribution is 5.86. The van der Waals surface area contributed by atoms with Gasteiger partial charge in [-0.05, 0) is 63.7 Å². The van der Waals surface area contributed by atoms with Crippen LogP contribution in [0.4, 0.5) is 0 Å². The molecule has 0 amide bonds. The maximum atomic E-state index is 12.7. The van der Waals surface area contributed by atoms with Crippen LogP contribution in [0.3, 0.4) is 0 Å². The van der Waals surface area contributed by atoms with Gasteiger partial charge in [0.1, 0.15) is 11.8 Å². The van der Waals surface area contributed by atoms with E-state index in [1.54, 1.807) is 0 Å². The van der Waals surface area contributed by atoms with Crippen LogP contribution in [-0.2, 0) is 9.22 Å². The minimum Gasteiger partial charge on any atom is -0.278 e. The van der Waals surface area contributed by atoms with Crippen molar-refractivity contribution >= 4 is 11.8 Å². The van der Waals surface area contributed by atoms with Gasteiger partial charge in [0, 0.05) is 18.3 Å². The van der Waals surface area contributed by atoms with Crippen LogP contribution in [0.5, 0.6) is 0 Å². The fraction of sp³-hybridized carbons (Fsp3) is 0.864. The predicted molar refractivity (Wildman–Crippen MR) is 96.5 cm³/mol. The first kappa shape index (κ1) is 16.7. The Hall–Kier alpha value is -0.790. The lowest BCUT2D eigenvalue weighted by atomic mass is 9.65. The molecular formula is C22H34O2+2. The molecule has 4 aliphatic carbocycles. The van der Waals surface area contributed by atoms with Gasteiger partial charge in [0.15, 0.2) is 0 Å². The minimum atomic E-state index is 0.0671. The molecule has 0 N–H and O–H groups in total. The van der Waals surface area contributed by atoms with Crippen molar-refractivity contribution < 1.29 is 9.22 Å². The van der Waals surface area contributed by atoms with E-state index in [9.17, 15) is 4.79 Å². The molecule has 0 bridgehead atoms. The van der Waals surface area contributed by atoms with Gasteiger partial charge in [0.2, 0.25) is 5.78 Å². The molecule has 0 heterocycles. The van der Waals surface area contributed by atoms with E-state index >= 15 is 0 Å². The number of hydrogen-bond acceptors (Lipinski definition) is 1. The van der Waals surface area contributed by atoms with Crippen molar-refractivity contribution in [2.45, 2.75) is 96.3 Å². The second-order valence-electron chi connectivity index (χ2n) is 8.86. The quantitative estimate of drug-likeness (QED) is 0.481. The third-order valence-electron chi connectivity index (χ3n) is 7.44. The summed E-state index contributed by atoms with van der Waals surface area (Å²) in [6, 6.07) is 0. The van der Waals surface area contributed by atoms with Crippen LogP contribution < -0.4 is 0 Å². The Labute approximate surface area is 147 Å². The van der Waals surface area contributed by atoms with E-state index in [-0.39, 0.29) is 5.97 Å². The van der Waals surface area contributed by atoms with Crippen molar-refractivity contribution in [2.75, 3.05) is 0 Å². The van der Waals surface area contributed by atoms with Crippen LogP contribution in [0.15, 0.2) is 0 Å². The van der Waals surface area contributed by atoms with Crippen LogP contribution in [0.1, 0.15) is 96.3 Å². The summed E-state index contributed by atoms with van der Waals surface area (Å²) in [6.45, 7) is 0. The molecule has 4 fully saturated rings. The molecule has 0 aromatic rings. The second kappa shape index (κ2) is 7.62. The molecular weight excluding hydrogens is 296 g/mol. The molecule has 4 aliphatic rings. The Morgan fingerprint density at radius 3 is 2.50 bits per heavy atom. The Morgan fingerprint density at radius 2 is 1.58 bits per heavy atom. The molecule has 24 heavy (non-hydrogen) atoms. The molecule has 4 unspecified atom stereocenters. The summed E-state index contributed by atoms with van der Waals surface area (Å²) in [5, 5.41) is 0. The summed E-state index contributed by atoms with van der Waals surface area (Å²) in [6.07, 6.45) is 18.9. The van der Waals surface area contributed by atoms with Crippen molar-refractivity contribution in [3.8, 4) is 0 Å². The van der Waals surface area contributed by atoms with Gasteiger partial charge < -0.3 is 0 Å². The average molecular weight is 331 g/mol. The Kier molecular flexibility index (Phi) is 5.29. The van der Waals surface area contributed by atoms with Gasteiger partial charge >= 0.3 is 5.97 Å². The fourth-order valence-corrected chi connectivity index (χ4v) is 6.28. The molecule has 2 nitrogen and oxygen atoms in total. The SMILES string of the molecule is O=C(C[C+]1CCCC2CCCCC12)[O+]=C1CCCC2CCCCC12. The summed E-state index contributed by atoms with van der Waals surface area (Å²) >= 11 is 0. The van der Waals surface area contributed by atoms with Gasteiger partial charge in [0.05, 0.1) is 11.2 Å². The summed E-state index contributed by atoms with van der Waals surface area (Å²) < 4.78 is 6.00. The molecule has 4 atom stereocenters. The first-order chi connectivity index (χ1) is 11.8. The molecule has 0 aliphatic heterocycles. The lowest BCUT2D eigenvalue weighted by Crippen LogP contribution is -2.34. The standard InChI is InChI=1S/C22H34O2/c23-22(15-18-11-5-9-16-7-1-3-12-19(16)18)24-21-14-6-10-17-8-2-4-13-20(17)21/h16-17,19-20H,1-15H2/q+2. The van der Waals surface area contributed by atoms with Crippen molar-refractivity contribution in [1.29, 1.82) is 0 Å². The van der Waals surface area contributed by atoms with Gasteiger partial charge in [-0.25, -0.2) is 0 Å². The maximum absolute atomic E-state index is 12.7. The van der Waals surface area contributed by atoms with Crippen molar-refractivity contribution in [3.63, 3.8) is 0 Å². The summed E-state index contributed by atoms with van der Waals surface area (Å²) in [7, 11) is 0. The van der Waals surface area contributed by atoms with E-state index in [1.807, 2.05) is 0 Å². The number of carbonyl (C=O) groups excluding carboxylic acids is 2. The molecule has 0 saturated heterocycles. The molecule has 0 aromatic heterocycles. The Morgan fingerprint density at radius 1 is 0.875 bits per heavy atom. The van der Waals surface area contributed by atoms with E-state index in [2.05, 4.69) is 0 Å². The molecule has 4 rings (SSSR count). The maximum Gasteiger partial charge on any atom is 0.624 e. The number of hydrogen-bond donors (Lipinski definition) is 0. The van der Waals surface area contributed by atoms with E-state index in [0.29, 0.717) is 12.3 Å². The zero-order valence-corrected chi connectivity index (χ0v) is 15.2. The molecule has 2 heteroatoms. The lowest BCUT2D eigenvalue weighted by molar-refractivity contribution is -0.383. The topological polar surface area (TPSA) is 28.4 Å². The normalized spacial score (nSPS) is 38.5. The van der Waals surface area contributed by atoms with Gasteiger partial charge in [-0.1, -0.05) is 19.3 Å². The van der Waals surface area contributed by atoms with Crippen molar-refractivity contribution in [3.05, 3.63) is 5.92 Å². The first-order valence-corrected chi connectivity index (χ1v) is 10.7. The zero-order valence-electron chi connectivity index (χ0n) is 15.2. The van der Waals surface area contributed by atoms with Gasteiger partial charge in [-0.3, -0.25) is 4.42 Å². The predicted octanol–water partition coefficient (Wildman–Crippen LogP) is 5.56. The number of rotatable bonds is 2. The molecule has 4 saturated carbocycles. The molecule has 0 radical (unpaired) electrons. The Bertz CT molecular complexity index is 476. The van der Waals surface area contributed by atoms with E-state index in [4.69, 9.17) is 4.42 Å². The lowest BCUT2D eigenvalue weighted by Gasteiger charge is -2.33. The highest BCUT2D eigenvalue weighted by Gasteiger charge is 2.47. The minimum absolute atomic E-state index is 0.0671. The zero-order chi connectivity index (χ0) is 16.4. The highest BCUT2D eigenvalue weighted by Crippen LogP contribution is 2.46. The average Bonchev–Trinajstić information content (AvgIpc) is 2.62. The molecule has 132 valence electrons. The monoisotopic (exact) mass is 330 g/mol. The number of fused-ring (bicyclic) bond motifs is 2. The van der Waals surface area contributed by atoms with E-state index < -0.39 is 0 Å². The summed E-state index contributed by atoms with van der Waals surface area (Å²) in [4.78, 5) is 12.7. The summed E-state index contributed by atoms with van der Waals surface area (Å²) in [5.74, 6) is 5.77. The van der Waals surface area contributed by atoms with Crippen LogP contribution in [0.2, 0.25) is 0 Å². The highest BCUT2D eigenvalue weighted by atomic mass is 16.5. The first-order valence-electron chi connectivity index (χ1n) is 10.7. The van der Waals surface area contributed by atoms with Gasteiger partial charge in [0.25, 0.3) is 6.42 Å². The summed E-state index contributed by atoms with van der Waals surface area (Å²) in [5.41, 5.74) is 0. The van der Waals surface area contributed by atoms with Crippen LogP contribution in [0.25, 0.3) is 0 Å². The van der Waals surface area contributed by atoms with Crippen LogP contribution in [0, 0.1) is 29.6 Å². The number of ketones is 1. The smallest absolute Gasteiger partial charge is 0.278 e. The van der Waals surface area contributed by atoms with Crippen LogP contribution >= 0.6 is 0 Å². The second-order valence-corrected chi connectivity index (χ2v) is 8.86. The van der Waals surface area contributed by atoms with E-state index in [1.165, 1.54) is 89.4 Å². The fourth-order valence-electron chi connectivity index (χ4n) is 6.28. The molecule has 0 spiro atoms. The van der Waals surface area contributed by atoms with Crippen molar-refractivity contribution in [1.82, 2.24) is 0 Å². The Balaban J connectivity index is 1.40. The third-order valence-corrected chi connectivity index (χ3v) is 7.44. The van der Waals surface area contributed by atoms with Crippen LogP contribution in [-0.4, -0.2) is 11.8 Å². The molecule has 0 aromatic carbocycles. The number of carbonyl (C=O) groups is 1. The third kappa shape index (κ3) is 3.58. The van der Waals surface area contributed by atoms with Gasteiger partial charge in [-0.15, -0.1) is 0 Å². The van der Waals surface area contributed by atoms with E-state index in [0.717, 1.165) is 30.0 Å². The largest absolute Gasteiger partial charge is 0.624 e. The van der Waals surface area contributed by atoms with Gasteiger partial charge in [-0.2, -0.15) is 0 Å². The van der Waals surface area contributed by atoms with Crippen molar-refractivity contribution in [2.24, 2.45) is 23.7 Å².